The molecule has 0 unspecified atom stereocenters. The van der Waals surface area contributed by atoms with E-state index < -0.39 is 0 Å². The van der Waals surface area contributed by atoms with Gasteiger partial charge in [-0.2, -0.15) is 0 Å². The maximum absolute atomic E-state index is 9.66. The highest BCUT2D eigenvalue weighted by atomic mass is 16.3. The molecule has 0 radical (unpaired) electrons. The fraction of sp³-hybridized carbons (Fsp3) is 0.176. The minimum atomic E-state index is 0.111. The molecule has 0 aliphatic rings. The summed E-state index contributed by atoms with van der Waals surface area (Å²) in [5, 5.41) is 19.3. The zero-order valence-corrected chi connectivity index (χ0v) is 11.4. The molecular formula is C17H18O2. The number of aromatic hydroxyl groups is 2. The number of hydrogen-bond donors (Lipinski definition) is 2. The first-order valence-corrected chi connectivity index (χ1v) is 6.25. The molecule has 2 N–H and O–H groups in total. The third-order valence-corrected chi connectivity index (χ3v) is 3.37. The lowest BCUT2D eigenvalue weighted by Crippen LogP contribution is -1.82. The van der Waals surface area contributed by atoms with Gasteiger partial charge in [0.25, 0.3) is 0 Å². The Labute approximate surface area is 113 Å². The van der Waals surface area contributed by atoms with E-state index in [0.29, 0.717) is 5.56 Å². The third kappa shape index (κ3) is 2.97. The van der Waals surface area contributed by atoms with Crippen molar-refractivity contribution in [3.8, 4) is 11.5 Å². The van der Waals surface area contributed by atoms with Gasteiger partial charge in [-0.05, 0) is 55.2 Å². The molecule has 0 aliphatic heterocycles. The minimum Gasteiger partial charge on any atom is -0.508 e. The van der Waals surface area contributed by atoms with Crippen molar-refractivity contribution in [1.82, 2.24) is 0 Å². The van der Waals surface area contributed by atoms with Gasteiger partial charge in [-0.3, -0.25) is 0 Å². The average Bonchev–Trinajstić information content (AvgIpc) is 2.37. The van der Waals surface area contributed by atoms with E-state index in [1.165, 1.54) is 11.1 Å². The van der Waals surface area contributed by atoms with Gasteiger partial charge in [0.15, 0.2) is 0 Å². The van der Waals surface area contributed by atoms with Gasteiger partial charge in [0.1, 0.15) is 11.5 Å². The van der Waals surface area contributed by atoms with E-state index in [9.17, 15) is 10.2 Å². The van der Waals surface area contributed by atoms with Gasteiger partial charge in [0, 0.05) is 5.56 Å². The van der Waals surface area contributed by atoms with Gasteiger partial charge in [-0.15, -0.1) is 0 Å². The summed E-state index contributed by atoms with van der Waals surface area (Å²) < 4.78 is 0. The second-order valence-electron chi connectivity index (χ2n) is 4.86. The smallest absolute Gasteiger partial charge is 0.122 e. The van der Waals surface area contributed by atoms with Crippen LogP contribution in [0.5, 0.6) is 11.5 Å². The highest BCUT2D eigenvalue weighted by Crippen LogP contribution is 2.28. The fourth-order valence-electron chi connectivity index (χ4n) is 1.86. The number of aryl methyl sites for hydroxylation is 2. The molecule has 0 saturated carbocycles. The highest BCUT2D eigenvalue weighted by molar-refractivity contribution is 5.72. The molecule has 2 aromatic carbocycles. The van der Waals surface area contributed by atoms with Crippen LogP contribution in [0.1, 0.15) is 27.8 Å². The molecule has 2 aromatic rings. The lowest BCUT2D eigenvalue weighted by atomic mass is 10.0. The molecule has 2 heteroatoms. The maximum Gasteiger partial charge on any atom is 0.122 e. The van der Waals surface area contributed by atoms with E-state index in [1.54, 1.807) is 19.1 Å². The van der Waals surface area contributed by atoms with Gasteiger partial charge >= 0.3 is 0 Å². The third-order valence-electron chi connectivity index (χ3n) is 3.37. The van der Waals surface area contributed by atoms with Crippen molar-refractivity contribution < 1.29 is 10.2 Å². The number of benzene rings is 2. The Balaban J connectivity index is 2.30. The van der Waals surface area contributed by atoms with Crippen LogP contribution in [0.15, 0.2) is 30.3 Å². The van der Waals surface area contributed by atoms with Crippen LogP contribution in [0, 0.1) is 20.8 Å². The molecule has 0 aliphatic carbocycles. The predicted molar refractivity (Wildman–Crippen MR) is 79.4 cm³/mol. The van der Waals surface area contributed by atoms with Crippen molar-refractivity contribution in [1.29, 1.82) is 0 Å². The standard InChI is InChI=1S/C17H18O2/c1-11-4-5-14(8-12(11)2)6-7-15-9-16(18)13(3)17(19)10-15/h4-10,18-19H,1-3H3. The Morgan fingerprint density at radius 1 is 0.737 bits per heavy atom. The van der Waals surface area contributed by atoms with Gasteiger partial charge in [-0.1, -0.05) is 30.4 Å². The first kappa shape index (κ1) is 13.2. The summed E-state index contributed by atoms with van der Waals surface area (Å²) >= 11 is 0. The summed E-state index contributed by atoms with van der Waals surface area (Å²) in [6.45, 7) is 5.84. The van der Waals surface area contributed by atoms with Crippen LogP contribution < -0.4 is 0 Å². The molecule has 0 fully saturated rings. The van der Waals surface area contributed by atoms with Gasteiger partial charge in [0.05, 0.1) is 0 Å². The van der Waals surface area contributed by atoms with Crippen LogP contribution in [0.3, 0.4) is 0 Å². The summed E-state index contributed by atoms with van der Waals surface area (Å²) in [6, 6.07) is 9.53. The van der Waals surface area contributed by atoms with Gasteiger partial charge < -0.3 is 10.2 Å². The Kier molecular flexibility index (Phi) is 3.61. The maximum atomic E-state index is 9.66. The summed E-state index contributed by atoms with van der Waals surface area (Å²) in [6.07, 6.45) is 3.85. The number of phenols is 2. The van der Waals surface area contributed by atoms with Crippen molar-refractivity contribution in [3.05, 3.63) is 58.1 Å². The second kappa shape index (κ2) is 5.19. The van der Waals surface area contributed by atoms with E-state index in [2.05, 4.69) is 26.0 Å². The lowest BCUT2D eigenvalue weighted by Gasteiger charge is -2.04. The molecule has 0 amide bonds. The second-order valence-corrected chi connectivity index (χ2v) is 4.86. The minimum absolute atomic E-state index is 0.111. The van der Waals surface area contributed by atoms with Crippen LogP contribution in [-0.2, 0) is 0 Å². The molecule has 0 saturated heterocycles. The normalized spacial score (nSPS) is 11.1. The number of hydrogen-bond acceptors (Lipinski definition) is 2. The molecule has 2 rings (SSSR count). The first-order chi connectivity index (χ1) is 8.97. The molecule has 0 atom stereocenters. The quantitative estimate of drug-likeness (QED) is 0.789. The van der Waals surface area contributed by atoms with Crippen LogP contribution in [-0.4, -0.2) is 10.2 Å². The summed E-state index contributed by atoms with van der Waals surface area (Å²) in [5.74, 6) is 0.222. The zero-order chi connectivity index (χ0) is 14.0. The van der Waals surface area contributed by atoms with Crippen LogP contribution >= 0.6 is 0 Å². The van der Waals surface area contributed by atoms with Crippen LogP contribution in [0.4, 0.5) is 0 Å². The summed E-state index contributed by atoms with van der Waals surface area (Å²) in [4.78, 5) is 0. The van der Waals surface area contributed by atoms with E-state index in [4.69, 9.17) is 0 Å². The van der Waals surface area contributed by atoms with Gasteiger partial charge in [-0.25, -0.2) is 0 Å². The Morgan fingerprint density at radius 3 is 1.89 bits per heavy atom. The molecule has 0 spiro atoms. The van der Waals surface area contributed by atoms with Crippen molar-refractivity contribution in [2.24, 2.45) is 0 Å². The molecule has 0 bridgehead atoms. The average molecular weight is 254 g/mol. The largest absolute Gasteiger partial charge is 0.508 e. The van der Waals surface area contributed by atoms with Crippen molar-refractivity contribution in [2.75, 3.05) is 0 Å². The molecule has 19 heavy (non-hydrogen) atoms. The Morgan fingerprint density at radius 2 is 1.32 bits per heavy atom. The van der Waals surface area contributed by atoms with Crippen molar-refractivity contribution in [3.63, 3.8) is 0 Å². The molecule has 2 nitrogen and oxygen atoms in total. The lowest BCUT2D eigenvalue weighted by molar-refractivity contribution is 0.443. The SMILES string of the molecule is Cc1ccc(C=Cc2cc(O)c(C)c(O)c2)cc1C. The number of rotatable bonds is 2. The van der Waals surface area contributed by atoms with Crippen molar-refractivity contribution in [2.45, 2.75) is 20.8 Å². The van der Waals surface area contributed by atoms with E-state index in [-0.39, 0.29) is 11.5 Å². The monoisotopic (exact) mass is 254 g/mol. The Hall–Kier alpha value is -2.22. The highest BCUT2D eigenvalue weighted by Gasteiger charge is 2.03. The molecule has 0 aromatic heterocycles. The predicted octanol–water partition coefficient (Wildman–Crippen LogP) is 4.19. The van der Waals surface area contributed by atoms with E-state index in [1.807, 2.05) is 18.2 Å². The van der Waals surface area contributed by atoms with E-state index >= 15 is 0 Å². The van der Waals surface area contributed by atoms with Gasteiger partial charge in [0.2, 0.25) is 0 Å². The fourth-order valence-corrected chi connectivity index (χ4v) is 1.86. The molecule has 98 valence electrons. The van der Waals surface area contributed by atoms with E-state index in [0.717, 1.165) is 11.1 Å². The summed E-state index contributed by atoms with van der Waals surface area (Å²) in [7, 11) is 0. The first-order valence-electron chi connectivity index (χ1n) is 6.25. The number of phenolic OH excluding ortho intramolecular Hbond substituents is 2. The molecular weight excluding hydrogens is 236 g/mol. The zero-order valence-electron chi connectivity index (χ0n) is 11.4. The van der Waals surface area contributed by atoms with Crippen molar-refractivity contribution >= 4 is 12.2 Å². The summed E-state index contributed by atoms with van der Waals surface area (Å²) in [5.41, 5.74) is 4.89. The Bertz CT molecular complexity index is 617. The van der Waals surface area contributed by atoms with Crippen LogP contribution in [0.25, 0.3) is 12.2 Å². The topological polar surface area (TPSA) is 40.5 Å². The molecule has 0 heterocycles. The van der Waals surface area contributed by atoms with Crippen LogP contribution in [0.2, 0.25) is 0 Å².